The van der Waals surface area contributed by atoms with E-state index in [-0.39, 0.29) is 6.54 Å². The third kappa shape index (κ3) is 4.10. The molecule has 4 heteroatoms. The van der Waals surface area contributed by atoms with Gasteiger partial charge in [-0.05, 0) is 32.6 Å². The van der Waals surface area contributed by atoms with Crippen molar-refractivity contribution in [1.82, 2.24) is 4.90 Å². The molecule has 1 aliphatic heterocycles. The van der Waals surface area contributed by atoms with Crippen molar-refractivity contribution in [2.45, 2.75) is 51.6 Å². The first-order valence-corrected chi connectivity index (χ1v) is 6.20. The molecule has 0 aromatic carbocycles. The highest BCUT2D eigenvalue weighted by molar-refractivity contribution is 5.69. The molecule has 1 fully saturated rings. The fraction of sp³-hybridized carbons (Fsp3) is 0.917. The van der Waals surface area contributed by atoms with E-state index in [2.05, 4.69) is 18.7 Å². The van der Waals surface area contributed by atoms with E-state index in [9.17, 15) is 4.79 Å². The first-order chi connectivity index (χ1) is 7.65. The molecule has 16 heavy (non-hydrogen) atoms. The van der Waals surface area contributed by atoms with E-state index in [4.69, 9.17) is 9.84 Å². The second-order valence-corrected chi connectivity index (χ2v) is 4.52. The maximum atomic E-state index is 10.9. The van der Waals surface area contributed by atoms with E-state index < -0.39 is 5.97 Å². The molecule has 0 spiro atoms. The van der Waals surface area contributed by atoms with E-state index in [0.29, 0.717) is 12.1 Å². The Kier molecular flexibility index (Phi) is 5.77. The van der Waals surface area contributed by atoms with Crippen molar-refractivity contribution < 1.29 is 14.6 Å². The van der Waals surface area contributed by atoms with Crippen LogP contribution in [-0.4, -0.2) is 47.8 Å². The molecule has 0 bridgehead atoms. The lowest BCUT2D eigenvalue weighted by molar-refractivity contribution is -0.139. The fourth-order valence-corrected chi connectivity index (χ4v) is 2.25. The molecule has 2 atom stereocenters. The number of carboxylic acid groups (broad SMARTS) is 1. The second kappa shape index (κ2) is 6.86. The van der Waals surface area contributed by atoms with Gasteiger partial charge in [-0.3, -0.25) is 9.69 Å². The van der Waals surface area contributed by atoms with Gasteiger partial charge in [-0.2, -0.15) is 0 Å². The molecule has 1 heterocycles. The van der Waals surface area contributed by atoms with Gasteiger partial charge in [-0.25, -0.2) is 0 Å². The molecular formula is C12H23NO3. The third-order valence-corrected chi connectivity index (χ3v) is 3.37. The largest absolute Gasteiger partial charge is 0.480 e. The summed E-state index contributed by atoms with van der Waals surface area (Å²) in [6.07, 6.45) is 4.04. The number of hydrogen-bond acceptors (Lipinski definition) is 3. The van der Waals surface area contributed by atoms with Gasteiger partial charge in [0.15, 0.2) is 0 Å². The average molecular weight is 229 g/mol. The number of aliphatic carboxylic acids is 1. The molecule has 1 N–H and O–H groups in total. The Bertz CT molecular complexity index is 212. The molecule has 0 aromatic heterocycles. The lowest BCUT2D eigenvalue weighted by Gasteiger charge is -2.34. The van der Waals surface area contributed by atoms with Crippen LogP contribution in [0.25, 0.3) is 0 Å². The van der Waals surface area contributed by atoms with Crippen LogP contribution in [-0.2, 0) is 9.53 Å². The monoisotopic (exact) mass is 229 g/mol. The lowest BCUT2D eigenvalue weighted by atomic mass is 10.0. The summed E-state index contributed by atoms with van der Waals surface area (Å²) < 4.78 is 5.42. The molecule has 94 valence electrons. The zero-order valence-electron chi connectivity index (χ0n) is 10.3. The molecule has 0 saturated carbocycles. The van der Waals surface area contributed by atoms with Crippen LogP contribution in [0.1, 0.15) is 39.5 Å². The minimum atomic E-state index is -0.731. The van der Waals surface area contributed by atoms with Crippen LogP contribution in [0.2, 0.25) is 0 Å². The van der Waals surface area contributed by atoms with E-state index >= 15 is 0 Å². The smallest absolute Gasteiger partial charge is 0.317 e. The summed E-state index contributed by atoms with van der Waals surface area (Å²) in [7, 11) is 0. The predicted molar refractivity (Wildman–Crippen MR) is 62.6 cm³/mol. The van der Waals surface area contributed by atoms with Crippen molar-refractivity contribution in [2.24, 2.45) is 0 Å². The maximum absolute atomic E-state index is 10.9. The highest BCUT2D eigenvalue weighted by Gasteiger charge is 2.25. The van der Waals surface area contributed by atoms with Gasteiger partial charge in [-0.15, -0.1) is 0 Å². The van der Waals surface area contributed by atoms with Crippen LogP contribution in [0.15, 0.2) is 0 Å². The first kappa shape index (κ1) is 13.5. The molecule has 0 radical (unpaired) electrons. The Morgan fingerprint density at radius 2 is 2.25 bits per heavy atom. The third-order valence-electron chi connectivity index (χ3n) is 3.37. The van der Waals surface area contributed by atoms with E-state index in [1.807, 2.05) is 0 Å². The molecule has 0 aliphatic carbocycles. The highest BCUT2D eigenvalue weighted by Crippen LogP contribution is 2.18. The van der Waals surface area contributed by atoms with Gasteiger partial charge < -0.3 is 9.84 Å². The Morgan fingerprint density at radius 1 is 1.50 bits per heavy atom. The Balaban J connectivity index is 2.61. The molecular weight excluding hydrogens is 206 g/mol. The van der Waals surface area contributed by atoms with Crippen molar-refractivity contribution in [1.29, 1.82) is 0 Å². The highest BCUT2D eigenvalue weighted by atomic mass is 16.5. The van der Waals surface area contributed by atoms with E-state index in [0.717, 1.165) is 38.9 Å². The van der Waals surface area contributed by atoms with Gasteiger partial charge in [0.05, 0.1) is 6.54 Å². The molecule has 0 amide bonds. The van der Waals surface area contributed by atoms with Gasteiger partial charge in [0.25, 0.3) is 0 Å². The van der Waals surface area contributed by atoms with Crippen molar-refractivity contribution in [3.8, 4) is 0 Å². The van der Waals surface area contributed by atoms with Gasteiger partial charge in [-0.1, -0.05) is 6.92 Å². The summed E-state index contributed by atoms with van der Waals surface area (Å²) in [5.74, 6) is -0.731. The summed E-state index contributed by atoms with van der Waals surface area (Å²) >= 11 is 0. The van der Waals surface area contributed by atoms with Crippen LogP contribution >= 0.6 is 0 Å². The molecule has 1 saturated heterocycles. The zero-order valence-corrected chi connectivity index (χ0v) is 10.3. The molecule has 2 unspecified atom stereocenters. The Morgan fingerprint density at radius 3 is 2.88 bits per heavy atom. The number of rotatable bonds is 5. The van der Waals surface area contributed by atoms with Gasteiger partial charge in [0.2, 0.25) is 0 Å². The summed E-state index contributed by atoms with van der Waals surface area (Å²) in [5.41, 5.74) is 0. The second-order valence-electron chi connectivity index (χ2n) is 4.52. The molecule has 0 aromatic rings. The van der Waals surface area contributed by atoms with Crippen LogP contribution < -0.4 is 0 Å². The summed E-state index contributed by atoms with van der Waals surface area (Å²) in [5, 5.41) is 8.96. The minimum absolute atomic E-state index is 0.152. The first-order valence-electron chi connectivity index (χ1n) is 6.20. The van der Waals surface area contributed by atoms with Crippen molar-refractivity contribution >= 4 is 5.97 Å². The number of nitrogens with zero attached hydrogens (tertiary/aromatic N) is 1. The Hall–Kier alpha value is -0.610. The summed E-state index contributed by atoms with van der Waals surface area (Å²) in [6, 6.07) is 0.702. The number of carboxylic acids is 1. The normalized spacial score (nSPS) is 24.1. The lowest BCUT2D eigenvalue weighted by Crippen LogP contribution is -2.44. The SMILES string of the molecule is CCC(C)N(CC(=O)O)C1CCCOCC1. The van der Waals surface area contributed by atoms with Crippen molar-refractivity contribution in [3.05, 3.63) is 0 Å². The number of carbonyl (C=O) groups is 1. The van der Waals surface area contributed by atoms with Crippen LogP contribution in [0, 0.1) is 0 Å². The Labute approximate surface area is 97.6 Å². The van der Waals surface area contributed by atoms with Crippen LogP contribution in [0.5, 0.6) is 0 Å². The van der Waals surface area contributed by atoms with Crippen LogP contribution in [0.3, 0.4) is 0 Å². The quantitative estimate of drug-likeness (QED) is 0.780. The summed E-state index contributed by atoms with van der Waals surface area (Å²) in [4.78, 5) is 13.0. The van der Waals surface area contributed by atoms with Crippen molar-refractivity contribution in [2.75, 3.05) is 19.8 Å². The summed E-state index contributed by atoms with van der Waals surface area (Å²) in [6.45, 7) is 5.94. The van der Waals surface area contributed by atoms with Gasteiger partial charge in [0.1, 0.15) is 0 Å². The average Bonchev–Trinajstić information content (AvgIpc) is 2.53. The maximum Gasteiger partial charge on any atom is 0.317 e. The number of ether oxygens (including phenoxy) is 1. The van der Waals surface area contributed by atoms with Gasteiger partial charge >= 0.3 is 5.97 Å². The number of hydrogen-bond donors (Lipinski definition) is 1. The molecule has 1 aliphatic rings. The fourth-order valence-electron chi connectivity index (χ4n) is 2.25. The zero-order chi connectivity index (χ0) is 12.0. The van der Waals surface area contributed by atoms with Crippen LogP contribution in [0.4, 0.5) is 0 Å². The predicted octanol–water partition coefficient (Wildman–Crippen LogP) is 1.74. The topological polar surface area (TPSA) is 49.8 Å². The van der Waals surface area contributed by atoms with E-state index in [1.165, 1.54) is 0 Å². The van der Waals surface area contributed by atoms with Gasteiger partial charge in [0, 0.05) is 25.3 Å². The molecule has 4 nitrogen and oxygen atoms in total. The van der Waals surface area contributed by atoms with Crippen molar-refractivity contribution in [3.63, 3.8) is 0 Å². The standard InChI is InChI=1S/C12H23NO3/c1-3-10(2)13(9-12(14)15)11-5-4-7-16-8-6-11/h10-11H,3-9H2,1-2H3,(H,14,15). The molecule has 1 rings (SSSR count). The van der Waals surface area contributed by atoms with E-state index in [1.54, 1.807) is 0 Å². The minimum Gasteiger partial charge on any atom is -0.480 e.